The Kier molecular flexibility index (Phi) is 7.73. The van der Waals surface area contributed by atoms with Crippen molar-refractivity contribution in [1.82, 2.24) is 15.5 Å². The van der Waals surface area contributed by atoms with E-state index in [-0.39, 0.29) is 35.7 Å². The van der Waals surface area contributed by atoms with Gasteiger partial charge in [-0.25, -0.2) is 4.39 Å². The number of nitrogens with zero attached hydrogens (tertiary/aromatic N) is 3. The van der Waals surface area contributed by atoms with Gasteiger partial charge in [-0.1, -0.05) is 0 Å². The third-order valence-electron chi connectivity index (χ3n) is 4.35. The molecule has 8 heteroatoms. The van der Waals surface area contributed by atoms with E-state index in [9.17, 15) is 9.18 Å². The summed E-state index contributed by atoms with van der Waals surface area (Å²) in [6, 6.07) is 6.52. The van der Waals surface area contributed by atoms with Gasteiger partial charge in [-0.15, -0.1) is 24.0 Å². The molecule has 1 saturated heterocycles. The number of halogens is 2. The van der Waals surface area contributed by atoms with Crippen LogP contribution in [-0.2, 0) is 4.79 Å². The van der Waals surface area contributed by atoms with Crippen LogP contribution < -0.4 is 15.5 Å². The smallest absolute Gasteiger partial charge is 0.224 e. The summed E-state index contributed by atoms with van der Waals surface area (Å²) in [5.74, 6) is 0.741. The second kappa shape index (κ2) is 9.79. The summed E-state index contributed by atoms with van der Waals surface area (Å²) in [6.45, 7) is 5.34. The molecule has 138 valence electrons. The fourth-order valence-corrected chi connectivity index (χ4v) is 2.96. The molecule has 0 bridgehead atoms. The van der Waals surface area contributed by atoms with E-state index in [2.05, 4.69) is 20.5 Å². The van der Waals surface area contributed by atoms with E-state index in [0.29, 0.717) is 26.1 Å². The predicted octanol–water partition coefficient (Wildman–Crippen LogP) is 1.42. The van der Waals surface area contributed by atoms with Gasteiger partial charge in [-0.05, 0) is 30.7 Å². The number of carbonyl (C=O) groups excluding carboxylic acids is 1. The Morgan fingerprint density at radius 1 is 1.20 bits per heavy atom. The number of anilines is 1. The molecule has 2 aliphatic heterocycles. The lowest BCUT2D eigenvalue weighted by Gasteiger charge is -2.36. The van der Waals surface area contributed by atoms with Crippen LogP contribution in [0.25, 0.3) is 0 Å². The molecule has 1 aromatic carbocycles. The summed E-state index contributed by atoms with van der Waals surface area (Å²) >= 11 is 0. The van der Waals surface area contributed by atoms with Crippen molar-refractivity contribution in [2.75, 3.05) is 50.7 Å². The number of nitrogens with one attached hydrogen (secondary N) is 2. The van der Waals surface area contributed by atoms with Crippen molar-refractivity contribution >= 4 is 41.5 Å². The minimum Gasteiger partial charge on any atom is -0.368 e. The maximum Gasteiger partial charge on any atom is 0.224 e. The molecule has 0 aliphatic carbocycles. The van der Waals surface area contributed by atoms with E-state index in [1.54, 1.807) is 12.1 Å². The first-order valence-corrected chi connectivity index (χ1v) is 8.53. The Labute approximate surface area is 164 Å². The van der Waals surface area contributed by atoms with Crippen molar-refractivity contribution < 1.29 is 9.18 Å². The number of hydrogen-bond acceptors (Lipinski definition) is 5. The summed E-state index contributed by atoms with van der Waals surface area (Å²) in [7, 11) is 0. The molecule has 0 spiro atoms. The number of aliphatic imine (C=N–C) groups is 1. The van der Waals surface area contributed by atoms with E-state index in [0.717, 1.165) is 44.2 Å². The molecule has 1 aromatic rings. The zero-order chi connectivity index (χ0) is 16.8. The lowest BCUT2D eigenvalue weighted by molar-refractivity contribution is -0.131. The van der Waals surface area contributed by atoms with Crippen LogP contribution in [-0.4, -0.2) is 62.6 Å². The van der Waals surface area contributed by atoms with Gasteiger partial charge >= 0.3 is 0 Å². The summed E-state index contributed by atoms with van der Waals surface area (Å²) in [4.78, 5) is 20.7. The quantitative estimate of drug-likeness (QED) is 0.667. The van der Waals surface area contributed by atoms with Crippen molar-refractivity contribution in [2.45, 2.75) is 12.8 Å². The summed E-state index contributed by atoms with van der Waals surface area (Å²) in [6.07, 6.45) is 1.53. The molecular weight excluding hydrogens is 436 g/mol. The van der Waals surface area contributed by atoms with Gasteiger partial charge in [0.25, 0.3) is 0 Å². The second-order valence-electron chi connectivity index (χ2n) is 6.03. The first-order valence-electron chi connectivity index (χ1n) is 8.53. The lowest BCUT2D eigenvalue weighted by atomic mass is 10.2. The largest absolute Gasteiger partial charge is 0.368 e. The monoisotopic (exact) mass is 461 g/mol. The van der Waals surface area contributed by atoms with Gasteiger partial charge in [0.15, 0.2) is 5.96 Å². The van der Waals surface area contributed by atoms with Crippen LogP contribution in [0.4, 0.5) is 10.1 Å². The highest BCUT2D eigenvalue weighted by Gasteiger charge is 2.21. The molecule has 2 heterocycles. The summed E-state index contributed by atoms with van der Waals surface area (Å²) < 4.78 is 13.0. The van der Waals surface area contributed by atoms with Crippen molar-refractivity contribution in [2.24, 2.45) is 4.99 Å². The molecule has 0 aromatic heterocycles. The average Bonchev–Trinajstić information content (AvgIpc) is 2.63. The normalized spacial score (nSPS) is 17.2. The Hall–Kier alpha value is -1.58. The Morgan fingerprint density at radius 3 is 2.56 bits per heavy atom. The first-order chi connectivity index (χ1) is 11.7. The number of benzene rings is 1. The van der Waals surface area contributed by atoms with Crippen molar-refractivity contribution in [3.05, 3.63) is 30.1 Å². The molecule has 0 saturated carbocycles. The second-order valence-corrected chi connectivity index (χ2v) is 6.03. The van der Waals surface area contributed by atoms with Gasteiger partial charge in [-0.3, -0.25) is 9.79 Å². The van der Waals surface area contributed by atoms with Crippen molar-refractivity contribution in [3.63, 3.8) is 0 Å². The van der Waals surface area contributed by atoms with Crippen molar-refractivity contribution in [3.8, 4) is 0 Å². The van der Waals surface area contributed by atoms with Gasteiger partial charge in [-0.2, -0.15) is 0 Å². The highest BCUT2D eigenvalue weighted by molar-refractivity contribution is 14.0. The van der Waals surface area contributed by atoms with Gasteiger partial charge in [0.1, 0.15) is 5.82 Å². The van der Waals surface area contributed by atoms with E-state index >= 15 is 0 Å². The Bertz CT molecular complexity index is 587. The Balaban J connectivity index is 0.00000225. The number of hydrogen-bond donors (Lipinski definition) is 2. The molecule has 2 N–H and O–H groups in total. The molecule has 1 amide bonds. The van der Waals surface area contributed by atoms with Crippen LogP contribution in [0.3, 0.4) is 0 Å². The molecular formula is C17H25FIN5O. The topological polar surface area (TPSA) is 60.0 Å². The number of carbonyl (C=O) groups is 1. The minimum absolute atomic E-state index is 0. The number of guanidine groups is 1. The molecule has 25 heavy (non-hydrogen) atoms. The van der Waals surface area contributed by atoms with Crippen molar-refractivity contribution in [1.29, 1.82) is 0 Å². The van der Waals surface area contributed by atoms with E-state index in [1.165, 1.54) is 12.1 Å². The van der Waals surface area contributed by atoms with Gasteiger partial charge in [0.2, 0.25) is 5.91 Å². The van der Waals surface area contributed by atoms with Crippen LogP contribution >= 0.6 is 24.0 Å². The SMILES string of the molecule is I.O=C(CCNC1=NCCCN1)N1CCN(c2ccc(F)cc2)CC1. The molecule has 0 unspecified atom stereocenters. The zero-order valence-electron chi connectivity index (χ0n) is 14.2. The van der Waals surface area contributed by atoms with E-state index in [4.69, 9.17) is 0 Å². The van der Waals surface area contributed by atoms with Crippen LogP contribution in [0.15, 0.2) is 29.3 Å². The van der Waals surface area contributed by atoms with E-state index in [1.807, 2.05) is 4.90 Å². The molecule has 0 atom stereocenters. The van der Waals surface area contributed by atoms with Crippen LogP contribution in [0.1, 0.15) is 12.8 Å². The van der Waals surface area contributed by atoms with Gasteiger partial charge in [0, 0.05) is 57.9 Å². The highest BCUT2D eigenvalue weighted by Crippen LogP contribution is 2.17. The molecule has 2 aliphatic rings. The van der Waals surface area contributed by atoms with Gasteiger partial charge < -0.3 is 20.4 Å². The fraction of sp³-hybridized carbons (Fsp3) is 0.529. The number of rotatable bonds is 4. The molecule has 3 rings (SSSR count). The third-order valence-corrected chi connectivity index (χ3v) is 4.35. The predicted molar refractivity (Wildman–Crippen MR) is 108 cm³/mol. The molecule has 0 radical (unpaired) electrons. The van der Waals surface area contributed by atoms with Gasteiger partial charge in [0.05, 0.1) is 0 Å². The number of amides is 1. The molecule has 6 nitrogen and oxygen atoms in total. The first kappa shape index (κ1) is 19.7. The zero-order valence-corrected chi connectivity index (χ0v) is 16.5. The average molecular weight is 461 g/mol. The van der Waals surface area contributed by atoms with E-state index < -0.39 is 0 Å². The summed E-state index contributed by atoms with van der Waals surface area (Å²) in [5, 5.41) is 6.36. The fourth-order valence-electron chi connectivity index (χ4n) is 2.96. The highest BCUT2D eigenvalue weighted by atomic mass is 127. The Morgan fingerprint density at radius 2 is 1.92 bits per heavy atom. The van der Waals surface area contributed by atoms with Crippen LogP contribution in [0.2, 0.25) is 0 Å². The standard InChI is InChI=1S/C17H24FN5O.HI/c18-14-2-4-15(5-3-14)22-10-12-23(13-11-22)16(24)6-9-21-17-19-7-1-8-20-17;/h2-5H,1,6-13H2,(H2,19,20,21);1H. The van der Waals surface area contributed by atoms with Crippen LogP contribution in [0, 0.1) is 5.82 Å². The lowest BCUT2D eigenvalue weighted by Crippen LogP contribution is -2.49. The maximum absolute atomic E-state index is 13.0. The maximum atomic E-state index is 13.0. The third kappa shape index (κ3) is 5.72. The van der Waals surface area contributed by atoms with Crippen LogP contribution in [0.5, 0.6) is 0 Å². The minimum atomic E-state index is -0.225. The number of piperazine rings is 1. The summed E-state index contributed by atoms with van der Waals surface area (Å²) in [5.41, 5.74) is 1.01. The molecule has 1 fully saturated rings.